The van der Waals surface area contributed by atoms with Gasteiger partial charge in [0.2, 0.25) is 0 Å². The minimum absolute atomic E-state index is 0.173. The molecule has 55 valence electrons. The largest absolute Gasteiger partial charge is 0.361 e. The number of rotatable bonds is 0. The quantitative estimate of drug-likeness (QED) is 0.590. The summed E-state index contributed by atoms with van der Waals surface area (Å²) in [4.78, 5) is 2.97. The molecule has 1 nitrogen and oxygen atoms in total. The van der Waals surface area contributed by atoms with E-state index in [0.29, 0.717) is 5.56 Å². The molecule has 0 unspecified atom stereocenters. The van der Waals surface area contributed by atoms with Gasteiger partial charge in [-0.3, -0.25) is 0 Å². The Hall–Kier alpha value is -1.31. The molecule has 0 spiro atoms. The molecule has 2 aromatic rings. The fourth-order valence-electron chi connectivity index (χ4n) is 1.18. The van der Waals surface area contributed by atoms with Crippen LogP contribution in [0.2, 0.25) is 0 Å². The first-order valence-electron chi connectivity index (χ1n) is 3.43. The predicted molar refractivity (Wildman–Crippen MR) is 41.8 cm³/mol. The third-order valence-corrected chi connectivity index (χ3v) is 1.84. The van der Waals surface area contributed by atoms with Crippen LogP contribution in [0.4, 0.5) is 4.39 Å². The molecule has 0 aliphatic heterocycles. The first kappa shape index (κ1) is 6.40. The van der Waals surface area contributed by atoms with E-state index in [0.717, 1.165) is 10.9 Å². The number of hydrogen-bond acceptors (Lipinski definition) is 0. The number of H-pyrrole nitrogens is 1. The average molecular weight is 148 g/mol. The van der Waals surface area contributed by atoms with Crippen LogP contribution in [0.15, 0.2) is 18.3 Å². The van der Waals surface area contributed by atoms with Gasteiger partial charge in [-0.1, -0.05) is 0 Å². The standard InChI is InChI=1S/C9H7FN/c1-6-7-4-5-11-9(7)3-2-8(6)10/h2-3,5,11H,1H3. The fourth-order valence-corrected chi connectivity index (χ4v) is 1.18. The predicted octanol–water partition coefficient (Wildman–Crippen LogP) is 2.42. The van der Waals surface area contributed by atoms with E-state index in [4.69, 9.17) is 0 Å². The van der Waals surface area contributed by atoms with Gasteiger partial charge in [-0.25, -0.2) is 4.39 Å². The van der Waals surface area contributed by atoms with Crippen molar-refractivity contribution < 1.29 is 4.39 Å². The third kappa shape index (κ3) is 0.827. The van der Waals surface area contributed by atoms with Gasteiger partial charge in [0.05, 0.1) is 0 Å². The molecule has 0 bridgehead atoms. The Balaban J connectivity index is 2.93. The molecule has 0 aliphatic rings. The van der Waals surface area contributed by atoms with E-state index in [-0.39, 0.29) is 5.82 Å². The van der Waals surface area contributed by atoms with E-state index in [9.17, 15) is 4.39 Å². The highest BCUT2D eigenvalue weighted by Gasteiger charge is 2.02. The van der Waals surface area contributed by atoms with Crippen molar-refractivity contribution in [3.63, 3.8) is 0 Å². The molecule has 0 atom stereocenters. The summed E-state index contributed by atoms with van der Waals surface area (Å²) < 4.78 is 12.9. The van der Waals surface area contributed by atoms with Crippen LogP contribution in [0.3, 0.4) is 0 Å². The summed E-state index contributed by atoms with van der Waals surface area (Å²) in [6.45, 7) is 1.75. The monoisotopic (exact) mass is 148 g/mol. The first-order valence-corrected chi connectivity index (χ1v) is 3.43. The zero-order valence-corrected chi connectivity index (χ0v) is 6.11. The topological polar surface area (TPSA) is 15.8 Å². The Labute approximate surface area is 63.9 Å². The summed E-state index contributed by atoms with van der Waals surface area (Å²) >= 11 is 0. The van der Waals surface area contributed by atoms with E-state index in [1.807, 2.05) is 0 Å². The second-order valence-electron chi connectivity index (χ2n) is 2.53. The number of halogens is 1. The maximum Gasteiger partial charge on any atom is 0.126 e. The van der Waals surface area contributed by atoms with Crippen molar-refractivity contribution in [1.82, 2.24) is 4.98 Å². The molecule has 0 saturated carbocycles. The lowest BCUT2D eigenvalue weighted by Gasteiger charge is -1.95. The fraction of sp³-hybridized carbons (Fsp3) is 0.111. The van der Waals surface area contributed by atoms with Crippen molar-refractivity contribution in [2.24, 2.45) is 0 Å². The highest BCUT2D eigenvalue weighted by atomic mass is 19.1. The Morgan fingerprint density at radius 3 is 3.09 bits per heavy atom. The van der Waals surface area contributed by atoms with Crippen LogP contribution in [0.1, 0.15) is 5.56 Å². The van der Waals surface area contributed by atoms with Gasteiger partial charge >= 0.3 is 0 Å². The summed E-state index contributed by atoms with van der Waals surface area (Å²) in [7, 11) is 0. The molecule has 1 aromatic heterocycles. The molecule has 11 heavy (non-hydrogen) atoms. The van der Waals surface area contributed by atoms with Crippen LogP contribution >= 0.6 is 0 Å². The van der Waals surface area contributed by atoms with Gasteiger partial charge in [-0.05, 0) is 24.6 Å². The van der Waals surface area contributed by atoms with Crippen molar-refractivity contribution in [3.8, 4) is 0 Å². The van der Waals surface area contributed by atoms with E-state index >= 15 is 0 Å². The Bertz CT molecular complexity index is 389. The molecule has 1 radical (unpaired) electrons. The van der Waals surface area contributed by atoms with Crippen LogP contribution in [-0.2, 0) is 0 Å². The van der Waals surface area contributed by atoms with Gasteiger partial charge in [-0.15, -0.1) is 0 Å². The average Bonchev–Trinajstić information content (AvgIpc) is 2.45. The van der Waals surface area contributed by atoms with Crippen molar-refractivity contribution in [3.05, 3.63) is 35.8 Å². The third-order valence-electron chi connectivity index (χ3n) is 1.84. The first-order chi connectivity index (χ1) is 5.29. The molecule has 2 rings (SSSR count). The maximum absolute atomic E-state index is 12.9. The van der Waals surface area contributed by atoms with Crippen LogP contribution < -0.4 is 0 Å². The smallest absolute Gasteiger partial charge is 0.126 e. The number of benzene rings is 1. The Kier molecular flexibility index (Phi) is 1.22. The van der Waals surface area contributed by atoms with Crippen LogP contribution in [-0.4, -0.2) is 4.98 Å². The van der Waals surface area contributed by atoms with Gasteiger partial charge in [-0.2, -0.15) is 0 Å². The van der Waals surface area contributed by atoms with Crippen LogP contribution in [0.5, 0.6) is 0 Å². The van der Waals surface area contributed by atoms with E-state index < -0.39 is 0 Å². The molecular formula is C9H7FN. The lowest BCUT2D eigenvalue weighted by atomic mass is 10.1. The number of aryl methyl sites for hydroxylation is 1. The van der Waals surface area contributed by atoms with Gasteiger partial charge < -0.3 is 4.98 Å². The van der Waals surface area contributed by atoms with Crippen molar-refractivity contribution in [2.45, 2.75) is 6.92 Å². The molecule has 1 N–H and O–H groups in total. The second-order valence-corrected chi connectivity index (χ2v) is 2.53. The second kappa shape index (κ2) is 2.09. The Morgan fingerprint density at radius 1 is 1.45 bits per heavy atom. The van der Waals surface area contributed by atoms with Gasteiger partial charge in [0, 0.05) is 23.2 Å². The van der Waals surface area contributed by atoms with Crippen molar-refractivity contribution in [2.75, 3.05) is 0 Å². The van der Waals surface area contributed by atoms with Gasteiger partial charge in [0.15, 0.2) is 0 Å². The van der Waals surface area contributed by atoms with Crippen LogP contribution in [0.25, 0.3) is 10.9 Å². The number of hydrogen-bond donors (Lipinski definition) is 1. The lowest BCUT2D eigenvalue weighted by Crippen LogP contribution is -1.81. The molecule has 0 saturated heterocycles. The zero-order valence-electron chi connectivity index (χ0n) is 6.11. The summed E-state index contributed by atoms with van der Waals surface area (Å²) in [6, 6.07) is 6.11. The van der Waals surface area contributed by atoms with Gasteiger partial charge in [0.25, 0.3) is 0 Å². The summed E-state index contributed by atoms with van der Waals surface area (Å²) in [6.07, 6.45) is 1.69. The van der Waals surface area contributed by atoms with Crippen molar-refractivity contribution >= 4 is 10.9 Å². The summed E-state index contributed by atoms with van der Waals surface area (Å²) in [5.41, 5.74) is 1.59. The van der Waals surface area contributed by atoms with E-state index in [2.05, 4.69) is 11.1 Å². The number of nitrogens with one attached hydrogen (secondary N) is 1. The minimum Gasteiger partial charge on any atom is -0.361 e. The normalized spacial score (nSPS) is 10.7. The Morgan fingerprint density at radius 2 is 2.27 bits per heavy atom. The lowest BCUT2D eigenvalue weighted by molar-refractivity contribution is 0.621. The van der Waals surface area contributed by atoms with Crippen molar-refractivity contribution in [1.29, 1.82) is 0 Å². The molecule has 1 aromatic carbocycles. The van der Waals surface area contributed by atoms with E-state index in [1.165, 1.54) is 6.07 Å². The molecule has 0 fully saturated rings. The highest BCUT2D eigenvalue weighted by Crippen LogP contribution is 2.18. The van der Waals surface area contributed by atoms with E-state index in [1.54, 1.807) is 19.2 Å². The number of fused-ring (bicyclic) bond motifs is 1. The summed E-state index contributed by atoms with van der Waals surface area (Å²) in [5, 5.41) is 0.838. The minimum atomic E-state index is -0.173. The molecule has 1 heterocycles. The maximum atomic E-state index is 12.9. The number of aromatic nitrogens is 1. The molecule has 0 amide bonds. The molecule has 0 aliphatic carbocycles. The molecule has 2 heteroatoms. The summed E-state index contributed by atoms with van der Waals surface area (Å²) in [5.74, 6) is -0.173. The highest BCUT2D eigenvalue weighted by molar-refractivity contribution is 5.82. The zero-order chi connectivity index (χ0) is 7.84. The van der Waals surface area contributed by atoms with Gasteiger partial charge in [0.1, 0.15) is 5.82 Å². The van der Waals surface area contributed by atoms with Crippen LogP contribution in [0, 0.1) is 18.8 Å². The SMILES string of the molecule is Cc1c(F)ccc2[nH]c[c]c12. The molecular weight excluding hydrogens is 141 g/mol. The number of aromatic amines is 1.